The minimum Gasteiger partial charge on any atom is -0.495 e. The Morgan fingerprint density at radius 3 is 2.05 bits per heavy atom. The molecule has 0 radical (unpaired) electrons. The van der Waals surface area contributed by atoms with Gasteiger partial charge in [0.15, 0.2) is 22.4 Å². The molecule has 8 atom stereocenters. The lowest BCUT2D eigenvalue weighted by Crippen LogP contribution is -2.63. The van der Waals surface area contributed by atoms with Crippen molar-refractivity contribution in [2.45, 2.75) is 210 Å². The summed E-state index contributed by atoms with van der Waals surface area (Å²) in [4.78, 5) is 143. The van der Waals surface area contributed by atoms with E-state index < -0.39 is 142 Å². The molecule has 616 valence electrons. The van der Waals surface area contributed by atoms with Gasteiger partial charge in [-0.2, -0.15) is 0 Å². The van der Waals surface area contributed by atoms with E-state index in [1.807, 2.05) is 126 Å². The van der Waals surface area contributed by atoms with E-state index in [-0.39, 0.29) is 69.5 Å². The number of aliphatic hydroxyl groups is 1. The lowest BCUT2D eigenvalue weighted by Gasteiger charge is -2.42. The van der Waals surface area contributed by atoms with Crippen LogP contribution in [0.1, 0.15) is 135 Å². The van der Waals surface area contributed by atoms with Crippen molar-refractivity contribution in [2.24, 2.45) is 5.92 Å². The molecule has 4 bridgehead atoms. The Kier molecular flexibility index (Phi) is 28.6. The van der Waals surface area contributed by atoms with Crippen LogP contribution in [0.5, 0.6) is 5.75 Å². The number of likely N-dealkylation sites (N-methyl/N-ethyl adjacent to an activating group) is 1. The van der Waals surface area contributed by atoms with Gasteiger partial charge in [0.25, 0.3) is 0 Å². The molecule has 0 saturated carbocycles. The van der Waals surface area contributed by atoms with Crippen molar-refractivity contribution in [3.05, 3.63) is 142 Å². The highest BCUT2D eigenvalue weighted by atomic mass is 35.5. The zero-order valence-corrected chi connectivity index (χ0v) is 71.8. The number of benzene rings is 4. The van der Waals surface area contributed by atoms with Crippen LogP contribution >= 0.6 is 11.6 Å². The quantitative estimate of drug-likeness (QED) is 0.00938. The monoisotopic (exact) mass is 1620 g/mol. The summed E-state index contributed by atoms with van der Waals surface area (Å²) < 4.78 is 38.0. The molecule has 3 aliphatic heterocycles. The Balaban J connectivity index is 0.884. The number of methoxy groups -OCH3 is 2. The number of rotatable bonds is 30. The van der Waals surface area contributed by atoms with Crippen molar-refractivity contribution in [3.8, 4) is 16.9 Å². The number of amides is 7. The highest BCUT2D eigenvalue weighted by Gasteiger charge is 2.65. The van der Waals surface area contributed by atoms with E-state index in [0.29, 0.717) is 43.5 Å². The molecule has 29 heteroatoms. The average molecular weight is 1620 g/mol. The van der Waals surface area contributed by atoms with E-state index in [1.54, 1.807) is 57.2 Å². The number of nitrogens with one attached hydrogen (secondary N) is 2. The maximum absolute atomic E-state index is 15.1. The number of epoxide rings is 1. The minimum atomic E-state index is -2.74. The number of hydrogen-bond donors (Lipinski definition) is 5. The fraction of sp³-hybridized carbons (Fsp3) is 0.548. The fourth-order valence-electron chi connectivity index (χ4n) is 15.0. The van der Waals surface area contributed by atoms with Crippen LogP contribution < -0.4 is 20.3 Å². The maximum Gasteiger partial charge on any atom is 0.424 e. The molecule has 0 spiro atoms. The molecule has 26 nitrogen and oxygen atoms in total. The van der Waals surface area contributed by atoms with Crippen molar-refractivity contribution < 1.29 is 81.5 Å². The van der Waals surface area contributed by atoms with Gasteiger partial charge in [0, 0.05) is 104 Å². The highest BCUT2D eigenvalue weighted by Crippen LogP contribution is 2.50. The lowest BCUT2D eigenvalue weighted by atomic mass is 9.83. The second-order valence-electron chi connectivity index (χ2n) is 33.5. The molecule has 1 aliphatic carbocycles. The molecule has 4 aliphatic rings. The SMILES string of the molecule is COc1cc2cc(c1Cl)N(C)C(=O)C[C@H](OC(=O)[C@H](C)N(C)C(=O)CCN(CCCC(C)(C)[Si](C)(C)O)C(=O)CN(CCCC(C)(C)[Si](C)(C)O)C(=O)CNC(=O)CCn1c(CN(C)N(C)C(=O)OCC3c4ccccc4-c4ccccc43)cc3ccccc31)[C@]1(C)OC1[C@H](C)[C@@H]1C[C@@](O)(NC(=O)O1)[C@H](OC)/C=C/C=C(\C)C2. The number of allylic oxidation sites excluding steroid dienone is 3. The van der Waals surface area contributed by atoms with Gasteiger partial charge in [-0.1, -0.05) is 137 Å². The number of fused-ring (bicyclic) bond motifs is 9. The summed E-state index contributed by atoms with van der Waals surface area (Å²) >= 11 is 6.94. The number of ether oxygens (including phenoxy) is 6. The molecule has 2 fully saturated rings. The molecule has 9 rings (SSSR count). The first kappa shape index (κ1) is 88.5. The van der Waals surface area contributed by atoms with Crippen molar-refractivity contribution in [1.82, 2.24) is 39.9 Å². The minimum absolute atomic E-state index is 0.0321. The molecule has 113 heavy (non-hydrogen) atoms. The van der Waals surface area contributed by atoms with Crippen LogP contribution in [-0.2, 0) is 72.0 Å². The number of halogens is 1. The molecule has 5 N–H and O–H groups in total. The first-order valence-corrected chi connectivity index (χ1v) is 45.3. The number of aromatic nitrogens is 1. The van der Waals surface area contributed by atoms with Gasteiger partial charge in [-0.15, -0.1) is 0 Å². The number of alkyl carbamates (subject to hydrolysis) is 1. The summed E-state index contributed by atoms with van der Waals surface area (Å²) in [5, 5.41) is 20.7. The molecule has 2 saturated heterocycles. The topological polar surface area (TPSA) is 304 Å². The highest BCUT2D eigenvalue weighted by molar-refractivity contribution is 6.73. The smallest absolute Gasteiger partial charge is 0.424 e. The molecule has 5 aromatic rings. The number of anilines is 1. The second-order valence-corrected chi connectivity index (χ2v) is 42.8. The first-order valence-electron chi connectivity index (χ1n) is 39.0. The van der Waals surface area contributed by atoms with Crippen molar-refractivity contribution in [2.75, 3.05) is 86.6 Å². The summed E-state index contributed by atoms with van der Waals surface area (Å²) in [6.45, 7) is 22.0. The number of hydrazine groups is 1. The normalized spacial score (nSPS) is 21.8. The number of hydrogen-bond acceptors (Lipinski definition) is 18. The number of nitrogens with zero attached hydrogens (tertiary/aromatic N) is 7. The van der Waals surface area contributed by atoms with E-state index in [2.05, 4.69) is 34.9 Å². The number of aryl methyl sites for hydroxylation is 1. The van der Waals surface area contributed by atoms with Crippen LogP contribution in [0.25, 0.3) is 22.0 Å². The Labute approximate surface area is 672 Å². The number of carbonyl (C=O) groups excluding carboxylic acids is 8. The summed E-state index contributed by atoms with van der Waals surface area (Å²) in [6.07, 6.45) is 0.975. The van der Waals surface area contributed by atoms with Gasteiger partial charge in [0.05, 0.1) is 45.0 Å². The zero-order chi connectivity index (χ0) is 83.0. The number of esters is 1. The number of para-hydroxylation sites is 1. The van der Waals surface area contributed by atoms with Crippen molar-refractivity contribution in [3.63, 3.8) is 0 Å². The van der Waals surface area contributed by atoms with Gasteiger partial charge in [-0.05, 0) is 147 Å². The third-order valence-electron chi connectivity index (χ3n) is 24.3. The summed E-state index contributed by atoms with van der Waals surface area (Å²) in [7, 11) is 3.81. The lowest BCUT2D eigenvalue weighted by molar-refractivity contribution is -0.162. The molecule has 1 unspecified atom stereocenters. The fourth-order valence-corrected chi connectivity index (χ4v) is 16.9. The van der Waals surface area contributed by atoms with E-state index in [0.717, 1.165) is 50.0 Å². The second kappa shape index (κ2) is 36.6. The van der Waals surface area contributed by atoms with Gasteiger partial charge < -0.3 is 72.6 Å². The first-order chi connectivity index (χ1) is 53.0. The Morgan fingerprint density at radius 1 is 0.823 bits per heavy atom. The predicted molar refractivity (Wildman–Crippen MR) is 439 cm³/mol. The standard InChI is InChI=1S/C84H118ClN9O17Si2/c1-54-28-25-35-69(107-14)84(103)49-68(109-79(101)87-84)55(2)77-83(8,111-77)70(48-73(97)90(11)66-45-57(44-54)46-67(106-13)76(66)85)110-78(100)56(3)89(10)72(96)37-42-92(40-26-38-81(4,5)112(15,16)104)75(99)52-93(41-27-39-82(6,7)113(17,18)105)74(98)50-86-71(95)36-43-94-59(47-58-29-19-24-34-65(58)94)51-88(9)91(12)80(102)108-53-64-62-32-22-20-30-60(62)61-31-21-23-33-63(61)64/h19-25,28-35,45-47,55-56,64,68-70,77,103-105H,26-27,36-44,48-53H2,1-18H3,(H,86,95)(H,87,101)/b35-25+,54-28+/t55-,56+,68+,69-,70+,77?,83+,84+/m1/s1. The average Bonchev–Trinajstić information content (AvgIpc) is 1.57. The van der Waals surface area contributed by atoms with Gasteiger partial charge in [-0.3, -0.25) is 29.3 Å². The van der Waals surface area contributed by atoms with Crippen molar-refractivity contribution in [1.29, 1.82) is 0 Å². The zero-order valence-electron chi connectivity index (χ0n) is 69.0. The van der Waals surface area contributed by atoms with Crippen LogP contribution in [-0.4, -0.2) is 232 Å². The van der Waals surface area contributed by atoms with E-state index in [1.165, 1.54) is 59.8 Å². The molecular formula is C84H118ClN9O17Si2. The molecular weight excluding hydrogens is 1500 g/mol. The van der Waals surface area contributed by atoms with Crippen molar-refractivity contribution >= 4 is 92.5 Å². The number of carbonyl (C=O) groups is 8. The third-order valence-corrected chi connectivity index (χ3v) is 31.8. The third kappa shape index (κ3) is 21.0. The molecule has 7 amide bonds. The Morgan fingerprint density at radius 2 is 1.43 bits per heavy atom. The Bertz CT molecular complexity index is 4320. The summed E-state index contributed by atoms with van der Waals surface area (Å²) in [5.74, 6) is -3.89. The Hall–Kier alpha value is -8.46. The summed E-state index contributed by atoms with van der Waals surface area (Å²) in [6, 6.07) is 28.3. The van der Waals surface area contributed by atoms with Gasteiger partial charge in [-0.25, -0.2) is 24.4 Å². The van der Waals surface area contributed by atoms with Crippen LogP contribution in [0.4, 0.5) is 15.3 Å². The van der Waals surface area contributed by atoms with E-state index in [4.69, 9.17) is 40.0 Å². The summed E-state index contributed by atoms with van der Waals surface area (Å²) in [5.41, 5.74) is 4.74. The largest absolute Gasteiger partial charge is 0.495 e. The van der Waals surface area contributed by atoms with Crippen LogP contribution in [0.3, 0.4) is 0 Å². The maximum atomic E-state index is 15.1. The van der Waals surface area contributed by atoms with Gasteiger partial charge in [0.2, 0.25) is 29.5 Å². The van der Waals surface area contributed by atoms with Gasteiger partial charge >= 0.3 is 18.2 Å². The molecule has 4 aromatic carbocycles. The molecule has 1 aromatic heterocycles. The van der Waals surface area contributed by atoms with Crippen LogP contribution in [0.2, 0.25) is 41.3 Å². The van der Waals surface area contributed by atoms with Crippen LogP contribution in [0.15, 0.2) is 115 Å². The predicted octanol–water partition coefficient (Wildman–Crippen LogP) is 11.5. The van der Waals surface area contributed by atoms with Gasteiger partial charge in [0.1, 0.15) is 47.3 Å². The van der Waals surface area contributed by atoms with E-state index >= 15 is 4.79 Å². The van der Waals surface area contributed by atoms with E-state index in [9.17, 15) is 48.3 Å². The molecule has 4 heterocycles. The van der Waals surface area contributed by atoms with Crippen LogP contribution in [0, 0.1) is 5.92 Å².